The Kier molecular flexibility index (Phi) is 5.23. The molecule has 1 aliphatic carbocycles. The normalized spacial score (nSPS) is 26.1. The average Bonchev–Trinajstić information content (AvgIpc) is 2.45. The van der Waals surface area contributed by atoms with E-state index in [0.29, 0.717) is 19.5 Å². The highest BCUT2D eigenvalue weighted by atomic mass is 16.4. The third-order valence-corrected chi connectivity index (χ3v) is 4.35. The first-order valence-electron chi connectivity index (χ1n) is 7.54. The van der Waals surface area contributed by atoms with Crippen molar-refractivity contribution in [1.29, 1.82) is 0 Å². The maximum absolute atomic E-state index is 12.1. The first kappa shape index (κ1) is 15.1. The zero-order chi connectivity index (χ0) is 14.5. The van der Waals surface area contributed by atoms with Crippen molar-refractivity contribution in [2.24, 2.45) is 5.92 Å². The van der Waals surface area contributed by atoms with E-state index in [9.17, 15) is 19.8 Å². The third-order valence-electron chi connectivity index (χ3n) is 4.35. The first-order valence-corrected chi connectivity index (χ1v) is 7.54. The van der Waals surface area contributed by atoms with Gasteiger partial charge in [-0.1, -0.05) is 19.3 Å². The summed E-state index contributed by atoms with van der Waals surface area (Å²) < 4.78 is 0. The number of carboxylic acid groups (broad SMARTS) is 1. The van der Waals surface area contributed by atoms with Crippen molar-refractivity contribution in [3.05, 3.63) is 0 Å². The lowest BCUT2D eigenvalue weighted by Gasteiger charge is -2.33. The van der Waals surface area contributed by atoms with Crippen LogP contribution in [0.3, 0.4) is 0 Å². The van der Waals surface area contributed by atoms with Crippen molar-refractivity contribution in [1.82, 2.24) is 10.2 Å². The van der Waals surface area contributed by atoms with Crippen LogP contribution in [0.4, 0.5) is 4.79 Å². The van der Waals surface area contributed by atoms with Crippen LogP contribution in [0.5, 0.6) is 0 Å². The molecular formula is C14H24N2O4. The Morgan fingerprint density at radius 3 is 2.40 bits per heavy atom. The molecule has 2 amide bonds. The lowest BCUT2D eigenvalue weighted by molar-refractivity contribution is -0.141. The van der Waals surface area contributed by atoms with Crippen molar-refractivity contribution in [3.63, 3.8) is 0 Å². The number of carbonyl (C=O) groups is 2. The predicted octanol–water partition coefficient (Wildman–Crippen LogP) is 1.19. The van der Waals surface area contributed by atoms with E-state index in [4.69, 9.17) is 0 Å². The number of nitrogens with one attached hydrogen (secondary N) is 1. The number of β-amino-alcohol motifs (C(OH)–C–C–N with tert-alkyl or cyclic N) is 1. The minimum absolute atomic E-state index is 0.0277. The Labute approximate surface area is 119 Å². The summed E-state index contributed by atoms with van der Waals surface area (Å²) in [4.78, 5) is 25.1. The van der Waals surface area contributed by atoms with Gasteiger partial charge in [-0.3, -0.25) is 0 Å². The SMILES string of the molecule is O=C(O)C(NC(=O)N1CCCC(O)C1)C1CCCCC1. The molecule has 6 nitrogen and oxygen atoms in total. The minimum atomic E-state index is -0.956. The summed E-state index contributed by atoms with van der Waals surface area (Å²) in [5, 5.41) is 21.6. The summed E-state index contributed by atoms with van der Waals surface area (Å²) in [5.74, 6) is -0.928. The molecule has 2 fully saturated rings. The fourth-order valence-electron chi connectivity index (χ4n) is 3.21. The minimum Gasteiger partial charge on any atom is -0.480 e. The van der Waals surface area contributed by atoms with Crippen LogP contribution in [0.25, 0.3) is 0 Å². The Morgan fingerprint density at radius 2 is 1.80 bits per heavy atom. The Morgan fingerprint density at radius 1 is 1.10 bits per heavy atom. The van der Waals surface area contributed by atoms with E-state index in [1.807, 2.05) is 0 Å². The molecule has 0 aromatic rings. The van der Waals surface area contributed by atoms with Gasteiger partial charge in [0.25, 0.3) is 0 Å². The maximum atomic E-state index is 12.1. The smallest absolute Gasteiger partial charge is 0.326 e. The van der Waals surface area contributed by atoms with Crippen LogP contribution in [0, 0.1) is 5.92 Å². The highest BCUT2D eigenvalue weighted by Crippen LogP contribution is 2.26. The summed E-state index contributed by atoms with van der Waals surface area (Å²) in [5.41, 5.74) is 0. The number of aliphatic carboxylic acids is 1. The summed E-state index contributed by atoms with van der Waals surface area (Å²) in [6.07, 6.45) is 5.91. The number of rotatable bonds is 3. The monoisotopic (exact) mass is 284 g/mol. The fraction of sp³-hybridized carbons (Fsp3) is 0.857. The number of piperidine rings is 1. The van der Waals surface area contributed by atoms with E-state index in [0.717, 1.165) is 38.5 Å². The summed E-state index contributed by atoms with van der Waals surface area (Å²) in [7, 11) is 0. The molecule has 1 aliphatic heterocycles. The molecule has 2 atom stereocenters. The number of aliphatic hydroxyl groups is 1. The van der Waals surface area contributed by atoms with Gasteiger partial charge in [0, 0.05) is 13.1 Å². The number of nitrogens with zero attached hydrogens (tertiary/aromatic N) is 1. The second-order valence-corrected chi connectivity index (χ2v) is 5.91. The Balaban J connectivity index is 1.93. The quantitative estimate of drug-likeness (QED) is 0.726. The number of carboxylic acids is 1. The van der Waals surface area contributed by atoms with Gasteiger partial charge in [-0.05, 0) is 31.6 Å². The number of hydrogen-bond acceptors (Lipinski definition) is 3. The van der Waals surface area contributed by atoms with Gasteiger partial charge < -0.3 is 20.4 Å². The van der Waals surface area contributed by atoms with Crippen LogP contribution in [0.2, 0.25) is 0 Å². The van der Waals surface area contributed by atoms with Crippen LogP contribution in [0.1, 0.15) is 44.9 Å². The zero-order valence-electron chi connectivity index (χ0n) is 11.8. The molecule has 0 aromatic heterocycles. The molecule has 0 spiro atoms. The number of carbonyl (C=O) groups excluding carboxylic acids is 1. The van der Waals surface area contributed by atoms with E-state index >= 15 is 0 Å². The van der Waals surface area contributed by atoms with E-state index in [2.05, 4.69) is 5.32 Å². The van der Waals surface area contributed by atoms with Crippen molar-refractivity contribution in [3.8, 4) is 0 Å². The molecule has 2 aliphatic rings. The average molecular weight is 284 g/mol. The van der Waals surface area contributed by atoms with Gasteiger partial charge in [0.15, 0.2) is 0 Å². The molecule has 0 aromatic carbocycles. The molecule has 1 heterocycles. The highest BCUT2D eigenvalue weighted by Gasteiger charge is 2.32. The number of hydrogen-bond donors (Lipinski definition) is 3. The topological polar surface area (TPSA) is 89.9 Å². The number of likely N-dealkylation sites (tertiary alicyclic amines) is 1. The molecule has 1 saturated carbocycles. The van der Waals surface area contributed by atoms with Gasteiger partial charge in [0.05, 0.1) is 6.10 Å². The van der Waals surface area contributed by atoms with Crippen LogP contribution in [0.15, 0.2) is 0 Å². The number of urea groups is 1. The van der Waals surface area contributed by atoms with E-state index < -0.39 is 18.1 Å². The lowest BCUT2D eigenvalue weighted by Crippen LogP contribution is -2.54. The Bertz CT molecular complexity index is 355. The van der Waals surface area contributed by atoms with Gasteiger partial charge in [0.2, 0.25) is 0 Å². The second kappa shape index (κ2) is 6.92. The second-order valence-electron chi connectivity index (χ2n) is 5.91. The van der Waals surface area contributed by atoms with Crippen LogP contribution >= 0.6 is 0 Å². The third kappa shape index (κ3) is 3.85. The standard InChI is InChI=1S/C14H24N2O4/c17-11-7-4-8-16(9-11)14(20)15-12(13(18)19)10-5-2-1-3-6-10/h10-12,17H,1-9H2,(H,15,20)(H,18,19). The van der Waals surface area contributed by atoms with Crippen molar-refractivity contribution in [2.75, 3.05) is 13.1 Å². The molecule has 0 bridgehead atoms. The van der Waals surface area contributed by atoms with Gasteiger partial charge in [-0.15, -0.1) is 0 Å². The van der Waals surface area contributed by atoms with Gasteiger partial charge >= 0.3 is 12.0 Å². The van der Waals surface area contributed by atoms with Gasteiger partial charge in [0.1, 0.15) is 6.04 Å². The lowest BCUT2D eigenvalue weighted by atomic mass is 9.84. The molecule has 2 rings (SSSR count). The number of aliphatic hydroxyl groups excluding tert-OH is 1. The van der Waals surface area contributed by atoms with Crippen LogP contribution in [-0.2, 0) is 4.79 Å². The molecular weight excluding hydrogens is 260 g/mol. The Hall–Kier alpha value is -1.30. The van der Waals surface area contributed by atoms with Crippen molar-refractivity contribution < 1.29 is 19.8 Å². The molecule has 1 saturated heterocycles. The van der Waals surface area contributed by atoms with E-state index in [-0.39, 0.29) is 11.9 Å². The summed E-state index contributed by atoms with van der Waals surface area (Å²) in [6, 6.07) is -1.16. The van der Waals surface area contributed by atoms with Crippen molar-refractivity contribution in [2.45, 2.75) is 57.1 Å². The summed E-state index contributed by atoms with van der Waals surface area (Å²) in [6.45, 7) is 0.878. The van der Waals surface area contributed by atoms with Gasteiger partial charge in [-0.2, -0.15) is 0 Å². The summed E-state index contributed by atoms with van der Waals surface area (Å²) >= 11 is 0. The highest BCUT2D eigenvalue weighted by molar-refractivity contribution is 5.82. The van der Waals surface area contributed by atoms with Crippen LogP contribution < -0.4 is 5.32 Å². The van der Waals surface area contributed by atoms with Crippen molar-refractivity contribution >= 4 is 12.0 Å². The van der Waals surface area contributed by atoms with E-state index in [1.54, 1.807) is 0 Å². The molecule has 2 unspecified atom stereocenters. The molecule has 114 valence electrons. The van der Waals surface area contributed by atoms with Crippen LogP contribution in [-0.4, -0.2) is 52.3 Å². The van der Waals surface area contributed by atoms with Gasteiger partial charge in [-0.25, -0.2) is 9.59 Å². The van der Waals surface area contributed by atoms with E-state index in [1.165, 1.54) is 4.90 Å². The largest absolute Gasteiger partial charge is 0.480 e. The predicted molar refractivity (Wildman–Crippen MR) is 73.3 cm³/mol. The zero-order valence-corrected chi connectivity index (χ0v) is 11.8. The molecule has 0 radical (unpaired) electrons. The maximum Gasteiger partial charge on any atom is 0.326 e. The molecule has 20 heavy (non-hydrogen) atoms. The fourth-order valence-corrected chi connectivity index (χ4v) is 3.21. The molecule has 3 N–H and O–H groups in total. The number of amides is 2. The first-order chi connectivity index (χ1) is 9.58. The molecule has 6 heteroatoms.